The summed E-state index contributed by atoms with van der Waals surface area (Å²) in [6, 6.07) is 0. The van der Waals surface area contributed by atoms with Crippen molar-refractivity contribution in [3.05, 3.63) is 12.2 Å². The van der Waals surface area contributed by atoms with Crippen LogP contribution in [0.25, 0.3) is 0 Å². The Labute approximate surface area is 79.4 Å². The van der Waals surface area contributed by atoms with Crippen molar-refractivity contribution >= 4 is 5.91 Å². The van der Waals surface area contributed by atoms with Gasteiger partial charge in [0.05, 0.1) is 11.5 Å². The van der Waals surface area contributed by atoms with E-state index in [0.717, 1.165) is 12.8 Å². The van der Waals surface area contributed by atoms with Crippen LogP contribution < -0.4 is 5.32 Å². The second-order valence-electron chi connectivity index (χ2n) is 4.27. The number of carbonyl (C=O) groups excluding carboxylic acids is 1. The van der Waals surface area contributed by atoms with Crippen molar-refractivity contribution in [1.82, 2.24) is 5.32 Å². The van der Waals surface area contributed by atoms with Crippen LogP contribution in [0.4, 0.5) is 0 Å². The highest BCUT2D eigenvalue weighted by Gasteiger charge is 2.44. The normalized spacial score (nSPS) is 35.5. The zero-order chi connectivity index (χ0) is 9.31. The molecule has 2 heteroatoms. The number of fused-ring (bicyclic) bond motifs is 2. The Morgan fingerprint density at radius 2 is 2.46 bits per heavy atom. The molecule has 13 heavy (non-hydrogen) atoms. The highest BCUT2D eigenvalue weighted by molar-refractivity contribution is 5.86. The average Bonchev–Trinajstić information content (AvgIpc) is 2.62. The summed E-state index contributed by atoms with van der Waals surface area (Å²) in [5, 5.41) is 3.10. The van der Waals surface area contributed by atoms with Crippen LogP contribution in [0.1, 0.15) is 39.0 Å². The van der Waals surface area contributed by atoms with E-state index in [0.29, 0.717) is 0 Å². The van der Waals surface area contributed by atoms with E-state index in [1.165, 1.54) is 19.3 Å². The van der Waals surface area contributed by atoms with Gasteiger partial charge in [-0.1, -0.05) is 38.3 Å². The molecule has 1 aliphatic carbocycles. The number of hydrogen-bond donors (Lipinski definition) is 1. The predicted molar refractivity (Wildman–Crippen MR) is 52.3 cm³/mol. The van der Waals surface area contributed by atoms with Crippen LogP contribution in [0.2, 0.25) is 0 Å². The molecule has 2 unspecified atom stereocenters. The molecule has 0 spiro atoms. The number of hydrogen-bond acceptors (Lipinski definition) is 1. The Kier molecular flexibility index (Phi) is 2.14. The topological polar surface area (TPSA) is 29.1 Å². The monoisotopic (exact) mass is 179 g/mol. The summed E-state index contributed by atoms with van der Waals surface area (Å²) >= 11 is 0. The molecule has 2 nitrogen and oxygen atoms in total. The third-order valence-corrected chi connectivity index (χ3v) is 3.17. The Bertz CT molecular complexity index is 246. The molecule has 1 N–H and O–H groups in total. The molecular weight excluding hydrogens is 162 g/mol. The zero-order valence-corrected chi connectivity index (χ0v) is 8.18. The average molecular weight is 179 g/mol. The molecular formula is C11H17NO. The molecule has 1 heterocycles. The molecule has 2 aliphatic rings. The van der Waals surface area contributed by atoms with E-state index in [1.807, 2.05) is 0 Å². The molecule has 1 saturated heterocycles. The van der Waals surface area contributed by atoms with E-state index in [4.69, 9.17) is 0 Å². The van der Waals surface area contributed by atoms with Gasteiger partial charge in [-0.2, -0.15) is 0 Å². The van der Waals surface area contributed by atoms with Gasteiger partial charge in [0.25, 0.3) is 0 Å². The fraction of sp³-hybridized carbons (Fsp3) is 0.727. The number of nitrogens with one attached hydrogen (secondary N) is 1. The fourth-order valence-corrected chi connectivity index (χ4v) is 2.38. The number of carbonyl (C=O) groups is 1. The van der Waals surface area contributed by atoms with E-state index >= 15 is 0 Å². The van der Waals surface area contributed by atoms with E-state index in [2.05, 4.69) is 24.4 Å². The highest BCUT2D eigenvalue weighted by Crippen LogP contribution is 2.37. The van der Waals surface area contributed by atoms with Gasteiger partial charge < -0.3 is 5.32 Å². The van der Waals surface area contributed by atoms with Crippen molar-refractivity contribution in [2.75, 3.05) is 0 Å². The van der Waals surface area contributed by atoms with Crippen LogP contribution in [-0.4, -0.2) is 11.4 Å². The molecule has 1 aliphatic heterocycles. The smallest absolute Gasteiger partial charge is 0.227 e. The molecule has 1 fully saturated rings. The van der Waals surface area contributed by atoms with Crippen molar-refractivity contribution in [1.29, 1.82) is 0 Å². The molecule has 2 rings (SSSR count). The minimum Gasteiger partial charge on any atom is -0.347 e. The Hall–Kier alpha value is -0.790. The first-order valence-corrected chi connectivity index (χ1v) is 5.27. The van der Waals surface area contributed by atoms with Gasteiger partial charge in [0.2, 0.25) is 5.91 Å². The summed E-state index contributed by atoms with van der Waals surface area (Å²) in [5.74, 6) is 0.417. The Balaban J connectivity index is 1.92. The van der Waals surface area contributed by atoms with E-state index < -0.39 is 0 Å². The van der Waals surface area contributed by atoms with Gasteiger partial charge in [0, 0.05) is 0 Å². The van der Waals surface area contributed by atoms with Gasteiger partial charge >= 0.3 is 0 Å². The lowest BCUT2D eigenvalue weighted by atomic mass is 9.93. The second-order valence-corrected chi connectivity index (χ2v) is 4.27. The largest absolute Gasteiger partial charge is 0.347 e. The quantitative estimate of drug-likeness (QED) is 0.519. The first kappa shape index (κ1) is 8.79. The van der Waals surface area contributed by atoms with Gasteiger partial charge in [-0.25, -0.2) is 0 Å². The molecule has 0 radical (unpaired) electrons. The van der Waals surface area contributed by atoms with Gasteiger partial charge in [-0.15, -0.1) is 0 Å². The Morgan fingerprint density at radius 1 is 1.62 bits per heavy atom. The van der Waals surface area contributed by atoms with E-state index in [-0.39, 0.29) is 17.4 Å². The summed E-state index contributed by atoms with van der Waals surface area (Å²) in [7, 11) is 0. The van der Waals surface area contributed by atoms with Gasteiger partial charge in [0.1, 0.15) is 0 Å². The molecule has 0 aromatic carbocycles. The second kappa shape index (κ2) is 3.17. The summed E-state index contributed by atoms with van der Waals surface area (Å²) in [6.45, 7) is 2.21. The summed E-state index contributed by atoms with van der Waals surface area (Å²) in [4.78, 5) is 11.3. The number of amides is 1. The molecule has 72 valence electrons. The molecule has 0 aromatic heterocycles. The van der Waals surface area contributed by atoms with Crippen LogP contribution in [0, 0.1) is 5.92 Å². The van der Waals surface area contributed by atoms with Crippen molar-refractivity contribution in [3.8, 4) is 0 Å². The van der Waals surface area contributed by atoms with E-state index in [1.54, 1.807) is 0 Å². The maximum Gasteiger partial charge on any atom is 0.227 e. The van der Waals surface area contributed by atoms with Crippen molar-refractivity contribution in [2.24, 2.45) is 5.92 Å². The maximum atomic E-state index is 11.3. The van der Waals surface area contributed by atoms with E-state index in [9.17, 15) is 4.79 Å². The van der Waals surface area contributed by atoms with Gasteiger partial charge in [-0.3, -0.25) is 4.79 Å². The van der Waals surface area contributed by atoms with Crippen LogP contribution >= 0.6 is 0 Å². The molecule has 1 amide bonds. The summed E-state index contributed by atoms with van der Waals surface area (Å²) in [6.07, 6.45) is 10.2. The highest BCUT2D eigenvalue weighted by atomic mass is 16.2. The summed E-state index contributed by atoms with van der Waals surface area (Å²) < 4.78 is 0. The van der Waals surface area contributed by atoms with Crippen molar-refractivity contribution in [2.45, 2.75) is 44.6 Å². The van der Waals surface area contributed by atoms with Crippen molar-refractivity contribution < 1.29 is 4.79 Å². The van der Waals surface area contributed by atoms with Crippen LogP contribution in [0.5, 0.6) is 0 Å². The lowest BCUT2D eigenvalue weighted by Crippen LogP contribution is -2.40. The SMILES string of the molecule is CCCCCC12C=CC(C1)C(=O)N2. The number of rotatable bonds is 4. The predicted octanol–water partition coefficient (Wildman–Crippen LogP) is 2.01. The Morgan fingerprint density at radius 3 is 3.00 bits per heavy atom. The summed E-state index contributed by atoms with van der Waals surface area (Å²) in [5.41, 5.74) is 0.0525. The number of unbranched alkanes of at least 4 members (excludes halogenated alkanes) is 2. The van der Waals surface area contributed by atoms with Crippen molar-refractivity contribution in [3.63, 3.8) is 0 Å². The first-order chi connectivity index (χ1) is 6.26. The third kappa shape index (κ3) is 1.50. The molecule has 2 atom stereocenters. The third-order valence-electron chi connectivity index (χ3n) is 3.17. The zero-order valence-electron chi connectivity index (χ0n) is 8.18. The minimum absolute atomic E-state index is 0.0525. The lowest BCUT2D eigenvalue weighted by molar-refractivity contribution is -0.121. The molecule has 2 bridgehead atoms. The van der Waals surface area contributed by atoms with Crippen LogP contribution in [-0.2, 0) is 4.79 Å². The lowest BCUT2D eigenvalue weighted by Gasteiger charge is -2.24. The fourth-order valence-electron chi connectivity index (χ4n) is 2.38. The van der Waals surface area contributed by atoms with Gasteiger partial charge in [0.15, 0.2) is 0 Å². The molecule has 0 saturated carbocycles. The minimum atomic E-state index is 0.0525. The van der Waals surface area contributed by atoms with Crippen LogP contribution in [0.15, 0.2) is 12.2 Å². The maximum absolute atomic E-state index is 11.3. The standard InChI is InChI=1S/C11H17NO/c1-2-3-4-6-11-7-5-9(8-11)10(13)12-11/h5,7,9H,2-4,6,8H2,1H3,(H,12,13). The van der Waals surface area contributed by atoms with Crippen LogP contribution in [0.3, 0.4) is 0 Å². The first-order valence-electron chi connectivity index (χ1n) is 5.27. The van der Waals surface area contributed by atoms with Gasteiger partial charge in [-0.05, 0) is 12.8 Å². The molecule has 0 aromatic rings.